The molecule has 0 saturated heterocycles. The van der Waals surface area contributed by atoms with E-state index in [4.69, 9.17) is 0 Å². The van der Waals surface area contributed by atoms with E-state index in [1.807, 2.05) is 0 Å². The van der Waals surface area contributed by atoms with Gasteiger partial charge < -0.3 is 9.80 Å². The van der Waals surface area contributed by atoms with Crippen LogP contribution in [0.1, 0.15) is 103 Å². The minimum atomic E-state index is -0.168. The Morgan fingerprint density at radius 3 is 1.83 bits per heavy atom. The van der Waals surface area contributed by atoms with Crippen LogP contribution in [0.3, 0.4) is 0 Å². The number of nitrogens with zero attached hydrogens (tertiary/aromatic N) is 2. The quantitative estimate of drug-likeness (QED) is 0.229. The summed E-state index contributed by atoms with van der Waals surface area (Å²) in [5.74, 6) is 0. The molecule has 46 heavy (non-hydrogen) atoms. The Morgan fingerprint density at radius 1 is 0.630 bits per heavy atom. The normalized spacial score (nSPS) is 19.1. The van der Waals surface area contributed by atoms with Crippen molar-refractivity contribution in [3.05, 3.63) is 137 Å². The van der Waals surface area contributed by atoms with Gasteiger partial charge in [-0.3, -0.25) is 0 Å². The van der Waals surface area contributed by atoms with Gasteiger partial charge in [-0.05, 0) is 87.0 Å². The van der Waals surface area contributed by atoms with Crippen molar-refractivity contribution in [2.24, 2.45) is 5.41 Å². The van der Waals surface area contributed by atoms with E-state index in [-0.39, 0.29) is 27.7 Å². The maximum atomic E-state index is 2.56. The largest absolute Gasteiger partial charge is 0.334 e. The van der Waals surface area contributed by atoms with E-state index in [0.29, 0.717) is 0 Å². The fourth-order valence-electron chi connectivity index (χ4n) is 8.03. The number of rotatable bonds is 3. The summed E-state index contributed by atoms with van der Waals surface area (Å²) in [6.45, 7) is 23.4. The molecule has 2 heteroatoms. The Balaban J connectivity index is 1.40. The molecule has 2 aliphatic heterocycles. The third-order valence-electron chi connectivity index (χ3n) is 10.9. The predicted octanol–water partition coefficient (Wildman–Crippen LogP) is 12.2. The van der Waals surface area contributed by atoms with Crippen LogP contribution in [0, 0.1) is 5.41 Å². The van der Waals surface area contributed by atoms with E-state index in [1.54, 1.807) is 0 Å². The molecular formula is C44H50N2. The van der Waals surface area contributed by atoms with Crippen molar-refractivity contribution in [1.82, 2.24) is 0 Å². The fourth-order valence-corrected chi connectivity index (χ4v) is 8.03. The Labute approximate surface area is 277 Å². The molecule has 3 aliphatic rings. The number of hydrogen-bond acceptors (Lipinski definition) is 2. The monoisotopic (exact) mass is 606 g/mol. The second-order valence-electron chi connectivity index (χ2n) is 16.7. The van der Waals surface area contributed by atoms with Gasteiger partial charge in [0.1, 0.15) is 0 Å². The van der Waals surface area contributed by atoms with Crippen LogP contribution in [0.15, 0.2) is 109 Å². The van der Waals surface area contributed by atoms with E-state index in [9.17, 15) is 0 Å². The number of para-hydroxylation sites is 2. The molecule has 4 aromatic rings. The average molecular weight is 607 g/mol. The van der Waals surface area contributed by atoms with Crippen LogP contribution in [0.2, 0.25) is 0 Å². The molecule has 4 aromatic carbocycles. The zero-order chi connectivity index (χ0) is 32.8. The molecule has 236 valence electrons. The highest BCUT2D eigenvalue weighted by Gasteiger charge is 2.45. The topological polar surface area (TPSA) is 6.48 Å². The first-order valence-electron chi connectivity index (χ1n) is 17.1. The lowest BCUT2D eigenvalue weighted by Crippen LogP contribution is -2.38. The molecule has 0 radical (unpaired) electrons. The molecule has 0 spiro atoms. The maximum absolute atomic E-state index is 2.56. The molecule has 0 fully saturated rings. The summed E-state index contributed by atoms with van der Waals surface area (Å²) in [5.41, 5.74) is 14.7. The highest BCUT2D eigenvalue weighted by atomic mass is 15.2. The second-order valence-corrected chi connectivity index (χ2v) is 16.7. The van der Waals surface area contributed by atoms with Gasteiger partial charge in [-0.2, -0.15) is 0 Å². The number of fused-ring (bicyclic) bond motifs is 4. The van der Waals surface area contributed by atoms with Crippen LogP contribution in [-0.4, -0.2) is 6.04 Å². The third-order valence-corrected chi connectivity index (χ3v) is 10.9. The standard InChI is InChI=1S/C44H50N2/c1-41(2,3)29-18-22-31(23-19-29)45(32-24-20-30(21-25-32)42(4,5)6)33-26-27-39-37(28-33)44(9,10)36-16-13-15-35-40(36)46(39)38-17-12-11-14-34(38)43(35,7)8/h11-24,26-28,32H,25H2,1-10H3. The lowest BCUT2D eigenvalue weighted by molar-refractivity contribution is 0.510. The molecule has 1 atom stereocenters. The predicted molar refractivity (Wildman–Crippen MR) is 198 cm³/mol. The zero-order valence-corrected chi connectivity index (χ0v) is 29.5. The summed E-state index contributed by atoms with van der Waals surface area (Å²) in [4.78, 5) is 5.12. The van der Waals surface area contributed by atoms with Gasteiger partial charge in [-0.25, -0.2) is 0 Å². The van der Waals surface area contributed by atoms with E-state index in [0.717, 1.165) is 6.42 Å². The van der Waals surface area contributed by atoms with Crippen LogP contribution in [0.4, 0.5) is 28.4 Å². The van der Waals surface area contributed by atoms with Crippen molar-refractivity contribution in [2.45, 2.75) is 97.9 Å². The van der Waals surface area contributed by atoms with Gasteiger partial charge in [0.25, 0.3) is 0 Å². The highest BCUT2D eigenvalue weighted by molar-refractivity contribution is 5.93. The molecule has 2 heterocycles. The first kappa shape index (κ1) is 30.6. The Bertz CT molecular complexity index is 1890. The Morgan fingerprint density at radius 2 is 1.22 bits per heavy atom. The van der Waals surface area contributed by atoms with E-state index < -0.39 is 0 Å². The van der Waals surface area contributed by atoms with E-state index in [1.165, 1.54) is 61.8 Å². The fraction of sp³-hybridized carbons (Fsp3) is 0.364. The summed E-state index contributed by atoms with van der Waals surface area (Å²) in [6, 6.07) is 32.7. The number of allylic oxidation sites excluding steroid dienone is 2. The van der Waals surface area contributed by atoms with Gasteiger partial charge >= 0.3 is 0 Å². The summed E-state index contributed by atoms with van der Waals surface area (Å²) >= 11 is 0. The van der Waals surface area contributed by atoms with Gasteiger partial charge in [-0.15, -0.1) is 0 Å². The number of benzene rings is 4. The lowest BCUT2D eigenvalue weighted by atomic mass is 9.66. The van der Waals surface area contributed by atoms with Crippen LogP contribution in [0.5, 0.6) is 0 Å². The molecule has 0 N–H and O–H groups in total. The molecule has 7 rings (SSSR count). The van der Waals surface area contributed by atoms with Gasteiger partial charge in [0.05, 0.1) is 23.1 Å². The van der Waals surface area contributed by atoms with Crippen molar-refractivity contribution in [1.29, 1.82) is 0 Å². The van der Waals surface area contributed by atoms with Crippen LogP contribution in [-0.2, 0) is 16.2 Å². The summed E-state index contributed by atoms with van der Waals surface area (Å²) < 4.78 is 0. The SMILES string of the molecule is CC(C)(C)C1=CCC(N(c2ccc(C(C)(C)C)cc2)c2ccc3c(c2)C(C)(C)c2cccc4c2N3c2ccccc2C4(C)C)C=C1. The molecular weight excluding hydrogens is 556 g/mol. The van der Waals surface area contributed by atoms with Gasteiger partial charge in [0.15, 0.2) is 0 Å². The highest BCUT2D eigenvalue weighted by Crippen LogP contribution is 2.60. The van der Waals surface area contributed by atoms with Crippen molar-refractivity contribution < 1.29 is 0 Å². The lowest BCUT2D eigenvalue weighted by Gasteiger charge is -2.49. The molecule has 0 bridgehead atoms. The van der Waals surface area contributed by atoms with E-state index in [2.05, 4.69) is 182 Å². The molecule has 0 amide bonds. The van der Waals surface area contributed by atoms with E-state index >= 15 is 0 Å². The first-order valence-corrected chi connectivity index (χ1v) is 17.1. The summed E-state index contributed by atoms with van der Waals surface area (Å²) in [7, 11) is 0. The zero-order valence-electron chi connectivity index (χ0n) is 29.5. The Kier molecular flexibility index (Phi) is 6.81. The number of hydrogen-bond donors (Lipinski definition) is 0. The molecule has 2 nitrogen and oxygen atoms in total. The second kappa shape index (κ2) is 10.2. The molecule has 0 aromatic heterocycles. The van der Waals surface area contributed by atoms with Crippen molar-refractivity contribution in [2.75, 3.05) is 9.80 Å². The third kappa shape index (κ3) is 4.67. The molecule has 0 saturated carbocycles. The molecule has 1 unspecified atom stereocenters. The van der Waals surface area contributed by atoms with Crippen molar-refractivity contribution >= 4 is 28.4 Å². The minimum absolute atomic E-state index is 0.0747. The van der Waals surface area contributed by atoms with Crippen LogP contribution < -0.4 is 9.80 Å². The minimum Gasteiger partial charge on any atom is -0.334 e. The van der Waals surface area contributed by atoms with Crippen LogP contribution >= 0.6 is 0 Å². The van der Waals surface area contributed by atoms with Gasteiger partial charge in [0.2, 0.25) is 0 Å². The molecule has 1 aliphatic carbocycles. The maximum Gasteiger partial charge on any atom is 0.0560 e. The van der Waals surface area contributed by atoms with Gasteiger partial charge in [0, 0.05) is 22.2 Å². The average Bonchev–Trinajstić information content (AvgIpc) is 3.01. The van der Waals surface area contributed by atoms with Crippen molar-refractivity contribution in [3.8, 4) is 0 Å². The number of anilines is 5. The first-order chi connectivity index (χ1) is 21.6. The summed E-state index contributed by atoms with van der Waals surface area (Å²) in [6.07, 6.45) is 8.21. The Hall–Kier alpha value is -4.04. The van der Waals surface area contributed by atoms with Crippen molar-refractivity contribution in [3.63, 3.8) is 0 Å². The van der Waals surface area contributed by atoms with Gasteiger partial charge in [-0.1, -0.05) is 136 Å². The summed E-state index contributed by atoms with van der Waals surface area (Å²) in [5, 5.41) is 0. The van der Waals surface area contributed by atoms with Crippen LogP contribution in [0.25, 0.3) is 0 Å². The smallest absolute Gasteiger partial charge is 0.0560 e.